The summed E-state index contributed by atoms with van der Waals surface area (Å²) in [6.45, 7) is 8.61. The molecule has 0 saturated carbocycles. The molecular formula is C28H39ClN4O6. The Morgan fingerprint density at radius 3 is 2.67 bits per heavy atom. The standard InChI is InChI=1S/C28H38N4O6.ClH/c1-19-31(17-20-11-12-23-24(25(20)33)21-9-6-7-10-22(21)30(23)5)14-15-32(19)18-37-27(35)36-16-8-13-29-26(34)38-28(2,3)4;/h6-7,9-10,14-15,19-20H,8,11-13,16-18H2,1-5H3,(H,29,34);1H. The van der Waals surface area contributed by atoms with Crippen molar-refractivity contribution in [2.75, 3.05) is 26.4 Å². The van der Waals surface area contributed by atoms with Crippen LogP contribution in [0.1, 0.15) is 56.6 Å². The van der Waals surface area contributed by atoms with Crippen molar-refractivity contribution < 1.29 is 45.9 Å². The van der Waals surface area contributed by atoms with Gasteiger partial charge in [-0.15, -0.1) is 0 Å². The van der Waals surface area contributed by atoms with Crippen LogP contribution in [0.15, 0.2) is 36.7 Å². The van der Waals surface area contributed by atoms with Gasteiger partial charge < -0.3 is 36.5 Å². The third-order valence-corrected chi connectivity index (χ3v) is 7.11. The first kappa shape index (κ1) is 30.3. The number of carbonyl (C=O) groups is 3. The van der Waals surface area contributed by atoms with Crippen LogP contribution in [-0.4, -0.2) is 65.7 Å². The zero-order chi connectivity index (χ0) is 27.4. The van der Waals surface area contributed by atoms with Crippen molar-refractivity contribution >= 4 is 28.9 Å². The summed E-state index contributed by atoms with van der Waals surface area (Å²) in [5, 5.41) is 3.65. The number of fused-ring (bicyclic) bond motifs is 3. The van der Waals surface area contributed by atoms with Gasteiger partial charge in [0.2, 0.25) is 0 Å². The maximum atomic E-state index is 13.5. The van der Waals surface area contributed by atoms with Crippen molar-refractivity contribution in [3.8, 4) is 0 Å². The van der Waals surface area contributed by atoms with Crippen molar-refractivity contribution in [3.05, 3.63) is 47.9 Å². The first-order chi connectivity index (χ1) is 18.0. The minimum absolute atomic E-state index is 0. The van der Waals surface area contributed by atoms with Crippen molar-refractivity contribution in [2.24, 2.45) is 13.0 Å². The van der Waals surface area contributed by atoms with E-state index in [0.29, 0.717) is 19.5 Å². The second-order valence-electron chi connectivity index (χ2n) is 10.9. The molecule has 2 aliphatic rings. The molecule has 214 valence electrons. The van der Waals surface area contributed by atoms with E-state index in [4.69, 9.17) is 14.2 Å². The number of nitrogens with zero attached hydrogens (tertiary/aromatic N) is 2. The molecule has 0 radical (unpaired) electrons. The fourth-order valence-corrected chi connectivity index (χ4v) is 5.11. The fourth-order valence-electron chi connectivity index (χ4n) is 5.11. The number of benzene rings is 1. The number of quaternary nitrogens is 1. The number of ketones is 1. The summed E-state index contributed by atoms with van der Waals surface area (Å²) >= 11 is 0. The largest absolute Gasteiger partial charge is 1.00 e. The van der Waals surface area contributed by atoms with Crippen molar-refractivity contribution in [1.82, 2.24) is 14.8 Å². The average molecular weight is 563 g/mol. The smallest absolute Gasteiger partial charge is 0.510 e. The molecule has 0 fully saturated rings. The van der Waals surface area contributed by atoms with E-state index in [1.165, 1.54) is 0 Å². The van der Waals surface area contributed by atoms with Crippen LogP contribution in [0.5, 0.6) is 0 Å². The minimum atomic E-state index is -0.762. The summed E-state index contributed by atoms with van der Waals surface area (Å²) in [7, 11) is 2.04. The molecule has 10 nitrogen and oxygen atoms in total. The van der Waals surface area contributed by atoms with E-state index >= 15 is 0 Å². The van der Waals surface area contributed by atoms with Crippen LogP contribution in [0.25, 0.3) is 10.9 Å². The first-order valence-electron chi connectivity index (χ1n) is 13.2. The van der Waals surface area contributed by atoms with Crippen molar-refractivity contribution in [2.45, 2.75) is 58.7 Å². The summed E-state index contributed by atoms with van der Waals surface area (Å²) in [5.41, 5.74) is 2.54. The zero-order valence-electron chi connectivity index (χ0n) is 23.3. The van der Waals surface area contributed by atoms with E-state index < -0.39 is 17.8 Å². The number of aromatic nitrogens is 1. The quantitative estimate of drug-likeness (QED) is 0.344. The van der Waals surface area contributed by atoms with E-state index in [0.717, 1.165) is 39.9 Å². The normalized spacial score (nSPS) is 20.4. The highest BCUT2D eigenvalue weighted by molar-refractivity contribution is 6.11. The third-order valence-electron chi connectivity index (χ3n) is 7.11. The molecule has 1 aliphatic carbocycles. The zero-order valence-corrected chi connectivity index (χ0v) is 24.0. The predicted octanol–water partition coefficient (Wildman–Crippen LogP) is -0.0294. The second kappa shape index (κ2) is 12.7. The van der Waals surface area contributed by atoms with Crippen molar-refractivity contribution in [3.63, 3.8) is 0 Å². The lowest BCUT2D eigenvalue weighted by Gasteiger charge is -2.28. The van der Waals surface area contributed by atoms with E-state index in [9.17, 15) is 14.4 Å². The third kappa shape index (κ3) is 7.24. The lowest BCUT2D eigenvalue weighted by molar-refractivity contribution is -0.878. The molecule has 39 heavy (non-hydrogen) atoms. The number of para-hydroxylation sites is 1. The molecule has 1 aromatic carbocycles. The lowest BCUT2D eigenvalue weighted by atomic mass is 9.84. The Morgan fingerprint density at radius 2 is 1.92 bits per heavy atom. The van der Waals surface area contributed by atoms with Gasteiger partial charge in [0.15, 0.2) is 18.7 Å². The number of ether oxygens (including phenoxy) is 3. The van der Waals surface area contributed by atoms with Crippen LogP contribution in [0, 0.1) is 5.92 Å². The number of carbonyl (C=O) groups excluding carboxylic acids is 3. The number of amides is 1. The molecule has 2 N–H and O–H groups in total. The van der Waals surface area contributed by atoms with E-state index in [1.54, 1.807) is 20.8 Å². The molecule has 2 heterocycles. The van der Waals surface area contributed by atoms with Gasteiger partial charge in [-0.1, -0.05) is 18.2 Å². The highest BCUT2D eigenvalue weighted by atomic mass is 35.5. The molecule has 0 spiro atoms. The fraction of sp³-hybridized carbons (Fsp3) is 0.536. The summed E-state index contributed by atoms with van der Waals surface area (Å²) < 4.78 is 17.7. The molecule has 3 unspecified atom stereocenters. The number of rotatable bonds is 8. The van der Waals surface area contributed by atoms with E-state index in [2.05, 4.69) is 16.0 Å². The lowest BCUT2D eigenvalue weighted by Crippen LogP contribution is -3.11. The van der Waals surface area contributed by atoms with Crippen molar-refractivity contribution in [1.29, 1.82) is 0 Å². The summed E-state index contributed by atoms with van der Waals surface area (Å²) in [5.74, 6) is 0.158. The number of hydrogen-bond donors (Lipinski definition) is 2. The van der Waals surface area contributed by atoms with Crippen LogP contribution in [-0.2, 0) is 27.7 Å². The second-order valence-corrected chi connectivity index (χ2v) is 10.9. The molecule has 11 heteroatoms. The number of halogens is 1. The Bertz CT molecular complexity index is 1220. The molecule has 0 bridgehead atoms. The number of alkyl carbamates (subject to hydrolysis) is 1. The Kier molecular flexibility index (Phi) is 9.90. The van der Waals surface area contributed by atoms with Gasteiger partial charge in [-0.3, -0.25) is 14.6 Å². The average Bonchev–Trinajstić information content (AvgIpc) is 3.35. The van der Waals surface area contributed by atoms with Gasteiger partial charge in [-0.05, 0) is 46.1 Å². The van der Waals surface area contributed by atoms with Gasteiger partial charge >= 0.3 is 12.2 Å². The maximum Gasteiger partial charge on any atom is 0.510 e. The Labute approximate surface area is 235 Å². The monoisotopic (exact) mass is 562 g/mol. The van der Waals surface area contributed by atoms with Gasteiger partial charge in [0.1, 0.15) is 11.8 Å². The molecule has 1 aliphatic heterocycles. The number of Topliss-reactive ketones (excluding diaryl/α,β-unsaturated/α-hetero) is 1. The van der Waals surface area contributed by atoms with Gasteiger partial charge in [0, 0.05) is 42.7 Å². The highest BCUT2D eigenvalue weighted by Crippen LogP contribution is 2.33. The molecule has 3 atom stereocenters. The molecular weight excluding hydrogens is 524 g/mol. The van der Waals surface area contributed by atoms with Crippen LogP contribution >= 0.6 is 0 Å². The minimum Gasteiger partial charge on any atom is -1.00 e. The molecule has 4 rings (SSSR count). The predicted molar refractivity (Wildman–Crippen MR) is 141 cm³/mol. The van der Waals surface area contributed by atoms with Crippen LogP contribution in [0.3, 0.4) is 0 Å². The van der Waals surface area contributed by atoms with Crippen LogP contribution in [0.4, 0.5) is 9.59 Å². The number of aryl methyl sites for hydroxylation is 1. The van der Waals surface area contributed by atoms with E-state index in [-0.39, 0.29) is 43.6 Å². The Balaban J connectivity index is 0.00000420. The van der Waals surface area contributed by atoms with Crippen LogP contribution in [0.2, 0.25) is 0 Å². The van der Waals surface area contributed by atoms with Crippen LogP contribution < -0.4 is 22.6 Å². The number of nitrogens with one attached hydrogen (secondary N) is 2. The molecule has 1 aromatic heterocycles. The Morgan fingerprint density at radius 1 is 1.18 bits per heavy atom. The molecule has 0 saturated heterocycles. The van der Waals surface area contributed by atoms with Gasteiger partial charge in [0.25, 0.3) is 0 Å². The SMILES string of the molecule is CC1N(COC(=O)OCCCNC(=O)OC(C)(C)C)C=C[NH+]1CC1CCc2c(c3ccccc3n2C)C1=O.[Cl-]. The first-order valence-corrected chi connectivity index (χ1v) is 13.2. The van der Waals surface area contributed by atoms with Gasteiger partial charge in [0.05, 0.1) is 25.3 Å². The topological polar surface area (TPSA) is 104 Å². The summed E-state index contributed by atoms with van der Waals surface area (Å²) in [6.07, 6.45) is 4.82. The maximum absolute atomic E-state index is 13.5. The van der Waals surface area contributed by atoms with Gasteiger partial charge in [-0.2, -0.15) is 0 Å². The highest BCUT2D eigenvalue weighted by Gasteiger charge is 2.37. The Hall–Kier alpha value is -3.24. The summed E-state index contributed by atoms with van der Waals surface area (Å²) in [4.78, 5) is 40.2. The summed E-state index contributed by atoms with van der Waals surface area (Å²) in [6, 6.07) is 8.10. The van der Waals surface area contributed by atoms with Gasteiger partial charge in [-0.25, -0.2) is 9.59 Å². The van der Waals surface area contributed by atoms with E-state index in [1.807, 2.05) is 49.5 Å². The molecule has 2 aromatic rings. The molecule has 1 amide bonds. The number of hydrogen-bond acceptors (Lipinski definition) is 7.